The van der Waals surface area contributed by atoms with Crippen LogP contribution >= 0.6 is 0 Å². The lowest BCUT2D eigenvalue weighted by Gasteiger charge is -2.05. The first-order valence-electron chi connectivity index (χ1n) is 6.84. The van der Waals surface area contributed by atoms with E-state index in [4.69, 9.17) is 0 Å². The standard InChI is InChI=1S/C17H17FN2/c1-12(2)15-8-14-11-20(19-17(14)9-16(15)18)10-13-6-4-3-5-7-13/h3-9,11-12H,10H2,1-2H3. The molecule has 0 saturated heterocycles. The lowest BCUT2D eigenvalue weighted by Crippen LogP contribution is -1.99. The molecule has 2 nitrogen and oxygen atoms in total. The highest BCUT2D eigenvalue weighted by Crippen LogP contribution is 2.24. The molecular weight excluding hydrogens is 251 g/mol. The van der Waals surface area contributed by atoms with Crippen LogP contribution in [0.15, 0.2) is 48.7 Å². The molecule has 0 radical (unpaired) electrons. The van der Waals surface area contributed by atoms with E-state index in [1.165, 1.54) is 11.6 Å². The van der Waals surface area contributed by atoms with Crippen LogP contribution in [0.4, 0.5) is 4.39 Å². The summed E-state index contributed by atoms with van der Waals surface area (Å²) in [5, 5.41) is 5.44. The molecule has 1 aromatic heterocycles. The van der Waals surface area contributed by atoms with Gasteiger partial charge in [-0.3, -0.25) is 4.68 Å². The molecule has 0 amide bonds. The van der Waals surface area contributed by atoms with Crippen molar-refractivity contribution in [1.29, 1.82) is 0 Å². The molecule has 3 aromatic rings. The predicted molar refractivity (Wildman–Crippen MR) is 79.3 cm³/mol. The summed E-state index contributed by atoms with van der Waals surface area (Å²) in [6.45, 7) is 4.70. The molecule has 0 aliphatic heterocycles. The maximum Gasteiger partial charge on any atom is 0.128 e. The molecule has 0 unspecified atom stereocenters. The molecule has 0 fully saturated rings. The van der Waals surface area contributed by atoms with E-state index in [2.05, 4.69) is 17.2 Å². The molecule has 3 heteroatoms. The molecule has 20 heavy (non-hydrogen) atoms. The zero-order valence-corrected chi connectivity index (χ0v) is 11.7. The second kappa shape index (κ2) is 5.08. The van der Waals surface area contributed by atoms with Gasteiger partial charge in [-0.05, 0) is 23.1 Å². The monoisotopic (exact) mass is 268 g/mol. The lowest BCUT2D eigenvalue weighted by molar-refractivity contribution is 0.600. The van der Waals surface area contributed by atoms with Gasteiger partial charge in [-0.15, -0.1) is 0 Å². The Hall–Kier alpha value is -2.16. The van der Waals surface area contributed by atoms with Crippen molar-refractivity contribution in [2.45, 2.75) is 26.3 Å². The minimum atomic E-state index is -0.169. The van der Waals surface area contributed by atoms with E-state index < -0.39 is 0 Å². The summed E-state index contributed by atoms with van der Waals surface area (Å²) in [6.07, 6.45) is 1.98. The third-order valence-electron chi connectivity index (χ3n) is 3.48. The number of halogens is 1. The Morgan fingerprint density at radius 1 is 1.15 bits per heavy atom. The van der Waals surface area contributed by atoms with Crippen LogP contribution in [0.25, 0.3) is 10.9 Å². The molecule has 1 heterocycles. The molecule has 2 aromatic carbocycles. The molecule has 0 aliphatic rings. The van der Waals surface area contributed by atoms with Gasteiger partial charge in [0.05, 0.1) is 12.1 Å². The van der Waals surface area contributed by atoms with Gasteiger partial charge >= 0.3 is 0 Å². The second-order valence-corrected chi connectivity index (χ2v) is 5.40. The third kappa shape index (κ3) is 2.44. The molecule has 102 valence electrons. The topological polar surface area (TPSA) is 17.8 Å². The second-order valence-electron chi connectivity index (χ2n) is 5.40. The van der Waals surface area contributed by atoms with Crippen LogP contribution in [0.5, 0.6) is 0 Å². The van der Waals surface area contributed by atoms with Crippen molar-refractivity contribution in [3.8, 4) is 0 Å². The van der Waals surface area contributed by atoms with Gasteiger partial charge in [0.2, 0.25) is 0 Å². The van der Waals surface area contributed by atoms with E-state index in [9.17, 15) is 4.39 Å². The van der Waals surface area contributed by atoms with Crippen LogP contribution in [-0.4, -0.2) is 9.78 Å². The highest BCUT2D eigenvalue weighted by molar-refractivity contribution is 5.79. The molecule has 0 atom stereocenters. The van der Waals surface area contributed by atoms with Gasteiger partial charge in [-0.1, -0.05) is 44.2 Å². The average Bonchev–Trinajstić information content (AvgIpc) is 2.79. The van der Waals surface area contributed by atoms with Crippen molar-refractivity contribution in [2.24, 2.45) is 0 Å². The van der Waals surface area contributed by atoms with Crippen LogP contribution in [0, 0.1) is 5.82 Å². The van der Waals surface area contributed by atoms with Gasteiger partial charge in [-0.25, -0.2) is 4.39 Å². The van der Waals surface area contributed by atoms with E-state index in [0.717, 1.165) is 10.9 Å². The number of hydrogen-bond acceptors (Lipinski definition) is 1. The SMILES string of the molecule is CC(C)c1cc2cn(Cc3ccccc3)nc2cc1F. The molecule has 0 aliphatic carbocycles. The van der Waals surface area contributed by atoms with Crippen molar-refractivity contribution in [2.75, 3.05) is 0 Å². The van der Waals surface area contributed by atoms with Crippen molar-refractivity contribution >= 4 is 10.9 Å². The van der Waals surface area contributed by atoms with Gasteiger partial charge in [0.1, 0.15) is 5.82 Å². The Labute approximate surface area is 117 Å². The molecule has 0 saturated carbocycles. The highest BCUT2D eigenvalue weighted by atomic mass is 19.1. The molecular formula is C17H17FN2. The van der Waals surface area contributed by atoms with Gasteiger partial charge in [0.25, 0.3) is 0 Å². The van der Waals surface area contributed by atoms with Crippen LogP contribution in [0.1, 0.15) is 30.9 Å². The van der Waals surface area contributed by atoms with Crippen LogP contribution < -0.4 is 0 Å². The van der Waals surface area contributed by atoms with Crippen LogP contribution in [-0.2, 0) is 6.54 Å². The first kappa shape index (κ1) is 12.9. The number of nitrogens with zero attached hydrogens (tertiary/aromatic N) is 2. The van der Waals surface area contributed by atoms with Gasteiger partial charge in [0, 0.05) is 17.6 Å². The lowest BCUT2D eigenvalue weighted by atomic mass is 10.0. The minimum Gasteiger partial charge on any atom is -0.267 e. The minimum absolute atomic E-state index is 0.169. The number of fused-ring (bicyclic) bond motifs is 1. The third-order valence-corrected chi connectivity index (χ3v) is 3.48. The van der Waals surface area contributed by atoms with Gasteiger partial charge in [0.15, 0.2) is 0 Å². The number of rotatable bonds is 3. The molecule has 0 bridgehead atoms. The first-order valence-corrected chi connectivity index (χ1v) is 6.84. The van der Waals surface area contributed by atoms with E-state index in [-0.39, 0.29) is 11.7 Å². The average molecular weight is 268 g/mol. The zero-order valence-electron chi connectivity index (χ0n) is 11.7. The van der Waals surface area contributed by atoms with E-state index in [1.807, 2.05) is 49.0 Å². The Kier molecular flexibility index (Phi) is 3.26. The maximum absolute atomic E-state index is 14.0. The summed E-state index contributed by atoms with van der Waals surface area (Å²) in [5.41, 5.74) is 2.64. The molecule has 0 N–H and O–H groups in total. The first-order chi connectivity index (χ1) is 9.63. The zero-order chi connectivity index (χ0) is 14.1. The summed E-state index contributed by atoms with van der Waals surface area (Å²) >= 11 is 0. The number of aromatic nitrogens is 2. The fraction of sp³-hybridized carbons (Fsp3) is 0.235. The fourth-order valence-corrected chi connectivity index (χ4v) is 2.41. The quantitative estimate of drug-likeness (QED) is 0.690. The molecule has 3 rings (SSSR count). The summed E-state index contributed by atoms with van der Waals surface area (Å²) < 4.78 is 15.8. The van der Waals surface area contributed by atoms with E-state index >= 15 is 0 Å². The summed E-state index contributed by atoms with van der Waals surface area (Å²) in [7, 11) is 0. The Morgan fingerprint density at radius 3 is 2.60 bits per heavy atom. The Balaban J connectivity index is 1.98. The van der Waals surface area contributed by atoms with Crippen LogP contribution in [0.2, 0.25) is 0 Å². The normalized spacial score (nSPS) is 11.4. The Morgan fingerprint density at radius 2 is 1.90 bits per heavy atom. The smallest absolute Gasteiger partial charge is 0.128 e. The Bertz CT molecular complexity index is 729. The molecule has 0 spiro atoms. The van der Waals surface area contributed by atoms with Gasteiger partial charge in [-0.2, -0.15) is 5.10 Å². The van der Waals surface area contributed by atoms with E-state index in [0.29, 0.717) is 12.1 Å². The van der Waals surface area contributed by atoms with Crippen molar-refractivity contribution in [3.05, 3.63) is 65.6 Å². The number of hydrogen-bond donors (Lipinski definition) is 0. The van der Waals surface area contributed by atoms with E-state index in [1.54, 1.807) is 0 Å². The van der Waals surface area contributed by atoms with Crippen LogP contribution in [0.3, 0.4) is 0 Å². The highest BCUT2D eigenvalue weighted by Gasteiger charge is 2.10. The summed E-state index contributed by atoms with van der Waals surface area (Å²) in [5.74, 6) is 0.00864. The van der Waals surface area contributed by atoms with Gasteiger partial charge < -0.3 is 0 Å². The maximum atomic E-state index is 14.0. The van der Waals surface area contributed by atoms with Crippen molar-refractivity contribution in [1.82, 2.24) is 9.78 Å². The largest absolute Gasteiger partial charge is 0.267 e. The summed E-state index contributed by atoms with van der Waals surface area (Å²) in [4.78, 5) is 0. The fourth-order valence-electron chi connectivity index (χ4n) is 2.41. The summed E-state index contributed by atoms with van der Waals surface area (Å²) in [6, 6.07) is 13.6. The van der Waals surface area contributed by atoms with Crippen molar-refractivity contribution < 1.29 is 4.39 Å². The predicted octanol–water partition coefficient (Wildman–Crippen LogP) is 4.35. The number of benzene rings is 2. The van der Waals surface area contributed by atoms with Crippen molar-refractivity contribution in [3.63, 3.8) is 0 Å².